The van der Waals surface area contributed by atoms with Crippen LogP contribution in [0, 0.1) is 5.92 Å². The van der Waals surface area contributed by atoms with Gasteiger partial charge < -0.3 is 14.4 Å². The first-order valence-corrected chi connectivity index (χ1v) is 10.1. The summed E-state index contributed by atoms with van der Waals surface area (Å²) in [7, 11) is 3.96. The molecule has 2 aliphatic rings. The molecule has 0 N–H and O–H groups in total. The Morgan fingerprint density at radius 3 is 2.48 bits per heavy atom. The summed E-state index contributed by atoms with van der Waals surface area (Å²) in [6.45, 7) is 0. The van der Waals surface area contributed by atoms with E-state index in [-0.39, 0.29) is 23.4 Å². The van der Waals surface area contributed by atoms with Gasteiger partial charge in [-0.3, -0.25) is 9.59 Å². The molecule has 150 valence electrons. The molecular weight excluding hydrogens is 366 g/mol. The molecule has 5 nitrogen and oxygen atoms in total. The summed E-state index contributed by atoms with van der Waals surface area (Å²) in [5.74, 6) is 0.741. The van der Waals surface area contributed by atoms with E-state index in [9.17, 15) is 9.59 Å². The molecule has 2 aromatic rings. The topological polar surface area (TPSA) is 55.8 Å². The molecule has 5 heteroatoms. The van der Waals surface area contributed by atoms with Crippen molar-refractivity contribution in [2.24, 2.45) is 5.92 Å². The lowest BCUT2D eigenvalue weighted by Gasteiger charge is -2.19. The van der Waals surface area contributed by atoms with Gasteiger partial charge in [0.25, 0.3) is 0 Å². The number of hydrogen-bond donors (Lipinski definition) is 0. The molecule has 0 unspecified atom stereocenters. The molecule has 1 fully saturated rings. The van der Waals surface area contributed by atoms with E-state index in [1.807, 2.05) is 43.3 Å². The third-order valence-corrected chi connectivity index (χ3v) is 5.51. The summed E-state index contributed by atoms with van der Waals surface area (Å²) >= 11 is 0. The van der Waals surface area contributed by atoms with Crippen LogP contribution in [-0.2, 0) is 4.79 Å². The van der Waals surface area contributed by atoms with E-state index in [1.54, 1.807) is 24.3 Å². The number of carbonyl (C=O) groups is 2. The van der Waals surface area contributed by atoms with Crippen molar-refractivity contribution in [2.75, 3.05) is 19.0 Å². The zero-order valence-corrected chi connectivity index (χ0v) is 16.8. The molecule has 0 bridgehead atoms. The number of nitrogens with zero attached hydrogens (tertiary/aromatic N) is 1. The second-order valence-electron chi connectivity index (χ2n) is 7.84. The standard InChI is InChI=1S/C24H25NO4/c1-25(2)18-10-8-16(9-11-18)14-22-23(26)20-13-12-19(15-21(20)29-22)28-24(27)17-6-4-3-5-7-17/h8-15,17H,3-7H2,1-2H3/b22-14-. The van der Waals surface area contributed by atoms with Crippen molar-refractivity contribution in [3.63, 3.8) is 0 Å². The zero-order valence-electron chi connectivity index (χ0n) is 16.8. The van der Waals surface area contributed by atoms with Crippen LogP contribution in [0.25, 0.3) is 6.08 Å². The Hall–Kier alpha value is -3.08. The van der Waals surface area contributed by atoms with Crippen molar-refractivity contribution in [1.82, 2.24) is 0 Å². The Bertz CT molecular complexity index is 953. The van der Waals surface area contributed by atoms with E-state index in [0.717, 1.165) is 36.9 Å². The molecule has 1 heterocycles. The van der Waals surface area contributed by atoms with Crippen LogP contribution in [0.5, 0.6) is 11.5 Å². The Kier molecular flexibility index (Phi) is 5.38. The average molecular weight is 391 g/mol. The molecule has 0 spiro atoms. The Morgan fingerprint density at radius 2 is 1.79 bits per heavy atom. The molecule has 0 amide bonds. The highest BCUT2D eigenvalue weighted by Gasteiger charge is 2.29. The van der Waals surface area contributed by atoms with Gasteiger partial charge in [-0.1, -0.05) is 31.4 Å². The number of Topliss-reactive ketones (excluding diaryl/α,β-unsaturated/α-hetero) is 1. The number of benzene rings is 2. The van der Waals surface area contributed by atoms with Crippen molar-refractivity contribution >= 4 is 23.5 Å². The fraction of sp³-hybridized carbons (Fsp3) is 0.333. The van der Waals surface area contributed by atoms with Crippen molar-refractivity contribution in [3.05, 3.63) is 59.4 Å². The number of esters is 1. The Morgan fingerprint density at radius 1 is 1.07 bits per heavy atom. The summed E-state index contributed by atoms with van der Waals surface area (Å²) in [5.41, 5.74) is 2.45. The molecule has 29 heavy (non-hydrogen) atoms. The second kappa shape index (κ2) is 8.11. The lowest BCUT2D eigenvalue weighted by molar-refractivity contribution is -0.139. The lowest BCUT2D eigenvalue weighted by Crippen LogP contribution is -2.22. The van der Waals surface area contributed by atoms with Gasteiger partial charge >= 0.3 is 5.97 Å². The van der Waals surface area contributed by atoms with Gasteiger partial charge in [0.2, 0.25) is 5.78 Å². The number of hydrogen-bond acceptors (Lipinski definition) is 5. The van der Waals surface area contributed by atoms with Gasteiger partial charge in [0.1, 0.15) is 11.5 Å². The Labute approximate surface area is 170 Å². The fourth-order valence-electron chi connectivity index (χ4n) is 3.79. The van der Waals surface area contributed by atoms with Gasteiger partial charge in [0.15, 0.2) is 5.76 Å². The maximum atomic E-state index is 12.6. The lowest BCUT2D eigenvalue weighted by atomic mass is 9.89. The number of ether oxygens (including phenoxy) is 2. The van der Waals surface area contributed by atoms with E-state index in [1.165, 1.54) is 6.42 Å². The maximum Gasteiger partial charge on any atom is 0.314 e. The molecule has 4 rings (SSSR count). The molecular formula is C24H25NO4. The van der Waals surface area contributed by atoms with E-state index >= 15 is 0 Å². The van der Waals surface area contributed by atoms with Crippen molar-refractivity contribution in [1.29, 1.82) is 0 Å². The minimum atomic E-state index is -0.189. The van der Waals surface area contributed by atoms with Crippen LogP contribution < -0.4 is 14.4 Å². The van der Waals surface area contributed by atoms with Crippen LogP contribution in [0.4, 0.5) is 5.69 Å². The summed E-state index contributed by atoms with van der Waals surface area (Å²) in [4.78, 5) is 27.0. The fourth-order valence-corrected chi connectivity index (χ4v) is 3.79. The first kappa shape index (κ1) is 19.2. The van der Waals surface area contributed by atoms with Gasteiger partial charge in [0, 0.05) is 25.8 Å². The smallest absolute Gasteiger partial charge is 0.314 e. The molecule has 0 aromatic heterocycles. The first-order chi connectivity index (χ1) is 14.0. The molecule has 2 aromatic carbocycles. The van der Waals surface area contributed by atoms with Gasteiger partial charge in [-0.15, -0.1) is 0 Å². The number of allylic oxidation sites excluding steroid dienone is 1. The van der Waals surface area contributed by atoms with Gasteiger partial charge in [-0.2, -0.15) is 0 Å². The minimum absolute atomic E-state index is 0.0276. The minimum Gasteiger partial charge on any atom is -0.452 e. The van der Waals surface area contributed by atoms with Crippen LogP contribution in [0.15, 0.2) is 48.2 Å². The number of ketones is 1. The van der Waals surface area contributed by atoms with E-state index < -0.39 is 0 Å². The average Bonchev–Trinajstić information content (AvgIpc) is 3.03. The summed E-state index contributed by atoms with van der Waals surface area (Å²) in [6, 6.07) is 12.8. The van der Waals surface area contributed by atoms with Crippen LogP contribution in [0.2, 0.25) is 0 Å². The highest BCUT2D eigenvalue weighted by molar-refractivity contribution is 6.14. The first-order valence-electron chi connectivity index (χ1n) is 10.1. The van der Waals surface area contributed by atoms with Crippen molar-refractivity contribution < 1.29 is 19.1 Å². The quantitative estimate of drug-likeness (QED) is 0.423. The molecule has 1 aliphatic carbocycles. The van der Waals surface area contributed by atoms with E-state index in [4.69, 9.17) is 9.47 Å². The number of anilines is 1. The van der Waals surface area contributed by atoms with E-state index in [2.05, 4.69) is 0 Å². The third-order valence-electron chi connectivity index (χ3n) is 5.51. The Balaban J connectivity index is 1.48. The predicted octanol–water partition coefficient (Wildman–Crippen LogP) is 4.85. The number of rotatable bonds is 4. The van der Waals surface area contributed by atoms with Gasteiger partial charge in [0.05, 0.1) is 11.5 Å². The van der Waals surface area contributed by atoms with Crippen molar-refractivity contribution in [2.45, 2.75) is 32.1 Å². The normalized spacial score (nSPS) is 17.7. The van der Waals surface area contributed by atoms with Crippen molar-refractivity contribution in [3.8, 4) is 11.5 Å². The predicted molar refractivity (Wildman–Crippen MR) is 112 cm³/mol. The third kappa shape index (κ3) is 4.19. The molecule has 1 saturated carbocycles. The second-order valence-corrected chi connectivity index (χ2v) is 7.84. The van der Waals surface area contributed by atoms with Crippen LogP contribution in [-0.4, -0.2) is 25.8 Å². The van der Waals surface area contributed by atoms with Crippen LogP contribution in [0.1, 0.15) is 48.0 Å². The molecule has 1 aliphatic heterocycles. The zero-order chi connectivity index (χ0) is 20.4. The number of fused-ring (bicyclic) bond motifs is 1. The summed E-state index contributed by atoms with van der Waals surface area (Å²) in [5, 5.41) is 0. The summed E-state index contributed by atoms with van der Waals surface area (Å²) < 4.78 is 11.3. The molecule has 0 atom stereocenters. The molecule has 0 saturated heterocycles. The van der Waals surface area contributed by atoms with Crippen LogP contribution in [0.3, 0.4) is 0 Å². The van der Waals surface area contributed by atoms with Gasteiger partial charge in [-0.05, 0) is 48.7 Å². The largest absolute Gasteiger partial charge is 0.452 e. The monoisotopic (exact) mass is 391 g/mol. The SMILES string of the molecule is CN(C)c1ccc(/C=C2\Oc3cc(OC(=O)C4CCCCC4)ccc3C2=O)cc1. The van der Waals surface area contributed by atoms with E-state index in [0.29, 0.717) is 17.1 Å². The van der Waals surface area contributed by atoms with Crippen LogP contribution >= 0.6 is 0 Å². The number of carbonyl (C=O) groups excluding carboxylic acids is 2. The highest BCUT2D eigenvalue weighted by atomic mass is 16.5. The maximum absolute atomic E-state index is 12.6. The highest BCUT2D eigenvalue weighted by Crippen LogP contribution is 2.35. The molecule has 0 radical (unpaired) electrons. The summed E-state index contributed by atoms with van der Waals surface area (Å²) in [6.07, 6.45) is 6.84. The van der Waals surface area contributed by atoms with Gasteiger partial charge in [-0.25, -0.2) is 0 Å².